The predicted octanol–water partition coefficient (Wildman–Crippen LogP) is 5.11. The number of carbonyl (C=O) groups is 2. The Labute approximate surface area is 194 Å². The van der Waals surface area contributed by atoms with Crippen LogP contribution in [0.1, 0.15) is 55.7 Å². The third kappa shape index (κ3) is 5.66. The molecule has 1 heterocycles. The largest absolute Gasteiger partial charge is 0.329 e. The van der Waals surface area contributed by atoms with Crippen LogP contribution >= 0.6 is 0 Å². The first-order valence-corrected chi connectivity index (χ1v) is 11.1. The zero-order chi connectivity index (χ0) is 24.2. The summed E-state index contributed by atoms with van der Waals surface area (Å²) in [6.45, 7) is 10.2. The number of hydrogen-bond acceptors (Lipinski definition) is 3. The van der Waals surface area contributed by atoms with Gasteiger partial charge in [-0.2, -0.15) is 5.10 Å². The van der Waals surface area contributed by atoms with E-state index in [1.54, 1.807) is 10.7 Å². The number of amides is 2. The van der Waals surface area contributed by atoms with Crippen molar-refractivity contribution in [3.8, 4) is 5.69 Å². The molecule has 2 amide bonds. The number of benzene rings is 2. The van der Waals surface area contributed by atoms with Crippen molar-refractivity contribution in [1.82, 2.24) is 14.7 Å². The smallest absolute Gasteiger partial charge is 0.257 e. The van der Waals surface area contributed by atoms with Gasteiger partial charge in [-0.15, -0.1) is 0 Å². The van der Waals surface area contributed by atoms with Crippen LogP contribution in [0, 0.1) is 12.7 Å². The molecular formula is C26H31FN4O2. The fourth-order valence-corrected chi connectivity index (χ4v) is 3.50. The molecule has 6 nitrogen and oxygen atoms in total. The van der Waals surface area contributed by atoms with Crippen LogP contribution in [-0.4, -0.2) is 39.6 Å². The van der Waals surface area contributed by atoms with E-state index in [2.05, 4.69) is 26.1 Å². The van der Waals surface area contributed by atoms with Gasteiger partial charge in [-0.25, -0.2) is 9.07 Å². The van der Waals surface area contributed by atoms with Crippen LogP contribution in [0.5, 0.6) is 0 Å². The molecule has 174 valence electrons. The summed E-state index contributed by atoms with van der Waals surface area (Å²) in [6, 6.07) is 15.5. The average Bonchev–Trinajstić information content (AvgIpc) is 3.17. The van der Waals surface area contributed by atoms with Gasteiger partial charge < -0.3 is 10.2 Å². The molecule has 0 saturated carbocycles. The maximum absolute atomic E-state index is 14.2. The number of aromatic nitrogens is 2. The molecule has 0 radical (unpaired) electrons. The van der Waals surface area contributed by atoms with E-state index < -0.39 is 11.7 Å². The van der Waals surface area contributed by atoms with Gasteiger partial charge in [0.1, 0.15) is 18.2 Å². The van der Waals surface area contributed by atoms with Gasteiger partial charge in [0.05, 0.1) is 16.9 Å². The Kier molecular flexibility index (Phi) is 7.31. The molecule has 0 aliphatic rings. The average molecular weight is 451 g/mol. The molecule has 0 aliphatic carbocycles. The molecule has 0 saturated heterocycles. The predicted molar refractivity (Wildman–Crippen MR) is 128 cm³/mol. The van der Waals surface area contributed by atoms with Gasteiger partial charge in [0.15, 0.2) is 0 Å². The summed E-state index contributed by atoms with van der Waals surface area (Å²) in [5.41, 5.74) is 2.44. The molecule has 3 aromatic rings. The fraction of sp³-hybridized carbons (Fsp3) is 0.346. The SMILES string of the molecule is CCCN(CC(=O)Nc1cc(C(C)(C)C)nn1-c1ccccc1C)C(=O)c1ccccc1F. The summed E-state index contributed by atoms with van der Waals surface area (Å²) in [5, 5.41) is 7.66. The number of rotatable bonds is 7. The van der Waals surface area contributed by atoms with Crippen molar-refractivity contribution >= 4 is 17.6 Å². The molecule has 0 bridgehead atoms. The second-order valence-electron chi connectivity index (χ2n) is 9.12. The van der Waals surface area contributed by atoms with Crippen molar-refractivity contribution in [3.05, 3.63) is 77.2 Å². The molecule has 0 atom stereocenters. The van der Waals surface area contributed by atoms with Gasteiger partial charge in [0.25, 0.3) is 5.91 Å². The van der Waals surface area contributed by atoms with E-state index in [0.29, 0.717) is 18.8 Å². The van der Waals surface area contributed by atoms with E-state index in [9.17, 15) is 14.0 Å². The molecule has 2 aromatic carbocycles. The Bertz CT molecular complexity index is 1150. The topological polar surface area (TPSA) is 67.2 Å². The molecule has 0 unspecified atom stereocenters. The number of hydrogen-bond donors (Lipinski definition) is 1. The summed E-state index contributed by atoms with van der Waals surface area (Å²) in [5.74, 6) is -0.957. The van der Waals surface area contributed by atoms with E-state index in [0.717, 1.165) is 16.9 Å². The van der Waals surface area contributed by atoms with E-state index in [4.69, 9.17) is 5.10 Å². The van der Waals surface area contributed by atoms with Crippen LogP contribution in [0.3, 0.4) is 0 Å². The van der Waals surface area contributed by atoms with Crippen molar-refractivity contribution in [3.63, 3.8) is 0 Å². The zero-order valence-electron chi connectivity index (χ0n) is 19.9. The van der Waals surface area contributed by atoms with E-state index >= 15 is 0 Å². The molecule has 1 aromatic heterocycles. The van der Waals surface area contributed by atoms with Crippen LogP contribution < -0.4 is 5.32 Å². The summed E-state index contributed by atoms with van der Waals surface area (Å²) < 4.78 is 15.9. The van der Waals surface area contributed by atoms with Crippen molar-refractivity contribution in [2.45, 2.75) is 46.5 Å². The third-order valence-electron chi connectivity index (χ3n) is 5.31. The Morgan fingerprint density at radius 2 is 1.76 bits per heavy atom. The number of nitrogens with one attached hydrogen (secondary N) is 1. The van der Waals surface area contributed by atoms with Gasteiger partial charge in [-0.1, -0.05) is 58.0 Å². The molecule has 0 aliphatic heterocycles. The minimum absolute atomic E-state index is 0.0429. The Morgan fingerprint density at radius 3 is 2.39 bits per heavy atom. The number of para-hydroxylation sites is 1. The molecule has 3 rings (SSSR count). The second-order valence-corrected chi connectivity index (χ2v) is 9.12. The Balaban J connectivity index is 1.88. The summed E-state index contributed by atoms with van der Waals surface area (Å²) in [7, 11) is 0. The molecule has 33 heavy (non-hydrogen) atoms. The van der Waals surface area contributed by atoms with E-state index in [-0.39, 0.29) is 23.4 Å². The Morgan fingerprint density at radius 1 is 1.09 bits per heavy atom. The second kappa shape index (κ2) is 9.98. The van der Waals surface area contributed by atoms with Crippen LogP contribution in [-0.2, 0) is 10.2 Å². The zero-order valence-corrected chi connectivity index (χ0v) is 19.9. The van der Waals surface area contributed by atoms with Crippen LogP contribution in [0.4, 0.5) is 10.2 Å². The minimum atomic E-state index is -0.601. The molecule has 7 heteroatoms. The highest BCUT2D eigenvalue weighted by Crippen LogP contribution is 2.27. The first-order valence-electron chi connectivity index (χ1n) is 11.1. The molecule has 0 fully saturated rings. The number of halogens is 1. The third-order valence-corrected chi connectivity index (χ3v) is 5.31. The number of aryl methyl sites for hydroxylation is 1. The summed E-state index contributed by atoms with van der Waals surface area (Å²) in [4.78, 5) is 27.3. The first-order chi connectivity index (χ1) is 15.6. The highest BCUT2D eigenvalue weighted by molar-refractivity contribution is 5.99. The van der Waals surface area contributed by atoms with Crippen LogP contribution in [0.2, 0.25) is 0 Å². The quantitative estimate of drug-likeness (QED) is 0.544. The van der Waals surface area contributed by atoms with Gasteiger partial charge in [-0.05, 0) is 37.1 Å². The fourth-order valence-electron chi connectivity index (χ4n) is 3.50. The maximum Gasteiger partial charge on any atom is 0.257 e. The summed E-state index contributed by atoms with van der Waals surface area (Å²) >= 11 is 0. The van der Waals surface area contributed by atoms with Crippen LogP contribution in [0.15, 0.2) is 54.6 Å². The number of anilines is 1. The Hall–Kier alpha value is -3.48. The molecule has 1 N–H and O–H groups in total. The lowest BCUT2D eigenvalue weighted by Crippen LogP contribution is -2.39. The normalized spacial score (nSPS) is 11.3. The lowest BCUT2D eigenvalue weighted by molar-refractivity contribution is -0.116. The van der Waals surface area contributed by atoms with E-state index in [1.807, 2.05) is 44.2 Å². The van der Waals surface area contributed by atoms with Crippen molar-refractivity contribution in [1.29, 1.82) is 0 Å². The molecular weight excluding hydrogens is 419 g/mol. The minimum Gasteiger partial charge on any atom is -0.329 e. The lowest BCUT2D eigenvalue weighted by atomic mass is 9.92. The monoisotopic (exact) mass is 450 g/mol. The highest BCUT2D eigenvalue weighted by Gasteiger charge is 2.24. The first kappa shape index (κ1) is 24.2. The maximum atomic E-state index is 14.2. The highest BCUT2D eigenvalue weighted by atomic mass is 19.1. The van der Waals surface area contributed by atoms with Gasteiger partial charge in [0.2, 0.25) is 5.91 Å². The number of nitrogens with zero attached hydrogens (tertiary/aromatic N) is 3. The van der Waals surface area contributed by atoms with Gasteiger partial charge in [-0.3, -0.25) is 9.59 Å². The van der Waals surface area contributed by atoms with Gasteiger partial charge in [0, 0.05) is 18.0 Å². The van der Waals surface area contributed by atoms with Crippen molar-refractivity contribution in [2.75, 3.05) is 18.4 Å². The van der Waals surface area contributed by atoms with Crippen molar-refractivity contribution in [2.24, 2.45) is 0 Å². The standard InChI is InChI=1S/C26H31FN4O2/c1-6-15-30(25(33)19-12-8-9-13-20(19)27)17-24(32)28-23-16-22(26(3,4)5)29-31(23)21-14-10-7-11-18(21)2/h7-14,16H,6,15,17H2,1-5H3,(H,28,32). The molecule has 0 spiro atoms. The van der Waals surface area contributed by atoms with Crippen molar-refractivity contribution < 1.29 is 14.0 Å². The lowest BCUT2D eigenvalue weighted by Gasteiger charge is -2.22. The number of carbonyl (C=O) groups excluding carboxylic acids is 2. The summed E-state index contributed by atoms with van der Waals surface area (Å²) in [6.07, 6.45) is 0.642. The van der Waals surface area contributed by atoms with E-state index in [1.165, 1.54) is 23.1 Å². The van der Waals surface area contributed by atoms with Crippen LogP contribution in [0.25, 0.3) is 5.69 Å². The van der Waals surface area contributed by atoms with Gasteiger partial charge >= 0.3 is 0 Å².